The third-order valence-corrected chi connectivity index (χ3v) is 4.03. The van der Waals surface area contributed by atoms with Crippen LogP contribution in [0.5, 0.6) is 5.75 Å². The second-order valence-corrected chi connectivity index (χ2v) is 5.72. The van der Waals surface area contributed by atoms with Crippen LogP contribution in [0.2, 0.25) is 0 Å². The van der Waals surface area contributed by atoms with E-state index in [-0.39, 0.29) is 10.0 Å². The molecular weight excluding hydrogens is 391 g/mol. The van der Waals surface area contributed by atoms with Gasteiger partial charge in [0.25, 0.3) is 0 Å². The second-order valence-electron chi connectivity index (χ2n) is 4.01. The van der Waals surface area contributed by atoms with E-state index in [0.717, 1.165) is 4.47 Å². The monoisotopic (exact) mass is 397 g/mol. The topological polar surface area (TPSA) is 46.2 Å². The molecule has 0 spiro atoms. The zero-order valence-electron chi connectivity index (χ0n) is 9.30. The van der Waals surface area contributed by atoms with Crippen LogP contribution in [0.3, 0.4) is 0 Å². The Balaban J connectivity index is 2.73. The third-order valence-electron chi connectivity index (χ3n) is 2.73. The minimum Gasteiger partial charge on any atom is -0.506 e. The van der Waals surface area contributed by atoms with Crippen LogP contribution in [-0.2, 0) is 0 Å². The number of phenolic OH excluding ortho intramolecular Hbond substituents is 1. The van der Waals surface area contributed by atoms with Gasteiger partial charge in [0, 0.05) is 10.0 Å². The Morgan fingerprint density at radius 3 is 2.37 bits per heavy atom. The highest BCUT2D eigenvalue weighted by Gasteiger charge is 2.39. The van der Waals surface area contributed by atoms with E-state index in [9.17, 15) is 18.3 Å². The summed E-state index contributed by atoms with van der Waals surface area (Å²) in [5.41, 5.74) is 4.80. The lowest BCUT2D eigenvalue weighted by atomic mass is 10.0. The van der Waals surface area contributed by atoms with Gasteiger partial charge in [-0.05, 0) is 44.9 Å². The van der Waals surface area contributed by atoms with Gasteiger partial charge in [0.05, 0.1) is 4.47 Å². The molecule has 3 N–H and O–H groups in total. The van der Waals surface area contributed by atoms with Crippen LogP contribution < -0.4 is 5.73 Å². The molecule has 0 aromatic heterocycles. The fraction of sp³-hybridized carbons (Fsp3) is 0.167. The number of rotatable bonds is 1. The van der Waals surface area contributed by atoms with Gasteiger partial charge < -0.3 is 10.8 Å². The molecule has 19 heavy (non-hydrogen) atoms. The highest BCUT2D eigenvalue weighted by atomic mass is 79.9. The molecule has 0 amide bonds. The first-order valence-electron chi connectivity index (χ1n) is 5.14. The lowest BCUT2D eigenvalue weighted by Crippen LogP contribution is -2.28. The van der Waals surface area contributed by atoms with Gasteiger partial charge in [0.2, 0.25) is 0 Å². The lowest BCUT2D eigenvalue weighted by molar-refractivity contribution is -0.149. The van der Waals surface area contributed by atoms with Crippen molar-refractivity contribution in [1.29, 1.82) is 0 Å². The summed E-state index contributed by atoms with van der Waals surface area (Å²) in [5, 5.41) is 11.0. The molecular formula is C12H8Br2F3NO. The fourth-order valence-corrected chi connectivity index (χ4v) is 2.73. The Kier molecular flexibility index (Phi) is 3.81. The van der Waals surface area contributed by atoms with Gasteiger partial charge in [0.1, 0.15) is 11.8 Å². The molecule has 0 aliphatic heterocycles. The van der Waals surface area contributed by atoms with Crippen molar-refractivity contribution in [2.75, 3.05) is 0 Å². The number of aromatic hydroxyl groups is 1. The van der Waals surface area contributed by atoms with Gasteiger partial charge >= 0.3 is 6.18 Å². The average molecular weight is 399 g/mol. The summed E-state index contributed by atoms with van der Waals surface area (Å²) in [7, 11) is 0. The predicted molar refractivity (Wildman–Crippen MR) is 74.0 cm³/mol. The van der Waals surface area contributed by atoms with Crippen molar-refractivity contribution in [1.82, 2.24) is 0 Å². The Morgan fingerprint density at radius 2 is 1.79 bits per heavy atom. The Labute approximate surface area is 123 Å². The molecule has 0 aliphatic carbocycles. The summed E-state index contributed by atoms with van der Waals surface area (Å²) >= 11 is 6.35. The highest BCUT2D eigenvalue weighted by Crippen LogP contribution is 2.42. The SMILES string of the molecule is N[C@@H](c1cc2cc(Br)ccc2c(Br)c1O)C(F)(F)F. The largest absolute Gasteiger partial charge is 0.506 e. The van der Waals surface area contributed by atoms with Gasteiger partial charge in [-0.25, -0.2) is 0 Å². The minimum atomic E-state index is -4.61. The molecule has 0 radical (unpaired) electrons. The number of nitrogens with two attached hydrogens (primary N) is 1. The summed E-state index contributed by atoms with van der Waals surface area (Å²) in [6, 6.07) is 4.10. The molecule has 7 heteroatoms. The minimum absolute atomic E-state index is 0.201. The van der Waals surface area contributed by atoms with E-state index in [2.05, 4.69) is 31.9 Å². The maximum absolute atomic E-state index is 12.7. The quantitative estimate of drug-likeness (QED) is 0.735. The number of fused-ring (bicyclic) bond motifs is 1. The number of hydrogen-bond donors (Lipinski definition) is 2. The van der Waals surface area contributed by atoms with Crippen molar-refractivity contribution in [2.24, 2.45) is 5.73 Å². The molecule has 0 unspecified atom stereocenters. The van der Waals surface area contributed by atoms with Crippen LogP contribution in [0, 0.1) is 0 Å². The van der Waals surface area contributed by atoms with Crippen LogP contribution in [0.1, 0.15) is 11.6 Å². The zero-order chi connectivity index (χ0) is 14.4. The lowest BCUT2D eigenvalue weighted by Gasteiger charge is -2.19. The first-order chi connectivity index (χ1) is 8.71. The van der Waals surface area contributed by atoms with E-state index in [1.54, 1.807) is 18.2 Å². The van der Waals surface area contributed by atoms with Gasteiger partial charge in [-0.3, -0.25) is 0 Å². The summed E-state index contributed by atoms with van der Waals surface area (Å²) in [6.07, 6.45) is -4.61. The predicted octanol–water partition coefficient (Wildman–Crippen LogP) is 4.63. The number of alkyl halides is 3. The van der Waals surface area contributed by atoms with E-state index < -0.39 is 18.0 Å². The van der Waals surface area contributed by atoms with Crippen LogP contribution in [0.25, 0.3) is 10.8 Å². The van der Waals surface area contributed by atoms with E-state index in [1.165, 1.54) is 6.07 Å². The molecule has 2 nitrogen and oxygen atoms in total. The summed E-state index contributed by atoms with van der Waals surface area (Å²) in [4.78, 5) is 0. The van der Waals surface area contributed by atoms with Gasteiger partial charge in [-0.2, -0.15) is 13.2 Å². The first kappa shape index (κ1) is 14.6. The van der Waals surface area contributed by atoms with Gasteiger partial charge in [-0.1, -0.05) is 22.0 Å². The van der Waals surface area contributed by atoms with Crippen molar-refractivity contribution in [2.45, 2.75) is 12.2 Å². The zero-order valence-corrected chi connectivity index (χ0v) is 12.5. The molecule has 2 aromatic rings. The van der Waals surface area contributed by atoms with Crippen molar-refractivity contribution in [3.8, 4) is 5.75 Å². The van der Waals surface area contributed by atoms with Crippen molar-refractivity contribution >= 4 is 42.6 Å². The van der Waals surface area contributed by atoms with Crippen molar-refractivity contribution < 1.29 is 18.3 Å². The molecule has 0 bridgehead atoms. The third kappa shape index (κ3) is 2.73. The van der Waals surface area contributed by atoms with Crippen LogP contribution >= 0.6 is 31.9 Å². The fourth-order valence-electron chi connectivity index (χ4n) is 1.76. The maximum atomic E-state index is 12.7. The molecule has 0 saturated carbocycles. The molecule has 102 valence electrons. The van der Waals surface area contributed by atoms with Crippen molar-refractivity contribution in [3.63, 3.8) is 0 Å². The van der Waals surface area contributed by atoms with Crippen LogP contribution in [0.15, 0.2) is 33.2 Å². The molecule has 0 fully saturated rings. The number of halogens is 5. The molecule has 0 heterocycles. The number of phenols is 1. The second kappa shape index (κ2) is 4.96. The van der Waals surface area contributed by atoms with Gasteiger partial charge in [0.15, 0.2) is 0 Å². The summed E-state index contributed by atoms with van der Waals surface area (Å²) < 4.78 is 38.9. The molecule has 1 atom stereocenters. The standard InChI is InChI=1S/C12H8Br2F3NO/c13-6-1-2-7-5(3-6)4-8(10(19)9(7)14)11(18)12(15,16)17/h1-4,11,19H,18H2/t11-/m0/s1. The van der Waals surface area contributed by atoms with E-state index in [4.69, 9.17) is 5.73 Å². The van der Waals surface area contributed by atoms with Crippen LogP contribution in [-0.4, -0.2) is 11.3 Å². The first-order valence-corrected chi connectivity index (χ1v) is 6.73. The van der Waals surface area contributed by atoms with E-state index in [0.29, 0.717) is 10.8 Å². The maximum Gasteiger partial charge on any atom is 0.407 e. The Morgan fingerprint density at radius 1 is 1.16 bits per heavy atom. The Bertz CT molecular complexity index is 643. The smallest absolute Gasteiger partial charge is 0.407 e. The molecule has 0 aliphatic rings. The van der Waals surface area contributed by atoms with Crippen molar-refractivity contribution in [3.05, 3.63) is 38.8 Å². The average Bonchev–Trinajstić information content (AvgIpc) is 2.31. The van der Waals surface area contributed by atoms with E-state index in [1.807, 2.05) is 0 Å². The molecule has 2 aromatic carbocycles. The molecule has 2 rings (SSSR count). The highest BCUT2D eigenvalue weighted by molar-refractivity contribution is 9.11. The normalized spacial score (nSPS) is 13.8. The van der Waals surface area contributed by atoms with E-state index >= 15 is 0 Å². The summed E-state index contributed by atoms with van der Waals surface area (Å²) in [5.74, 6) is -0.486. The number of benzene rings is 2. The summed E-state index contributed by atoms with van der Waals surface area (Å²) in [6.45, 7) is 0. The van der Waals surface area contributed by atoms with Crippen LogP contribution in [0.4, 0.5) is 13.2 Å². The molecule has 0 saturated heterocycles. The number of hydrogen-bond acceptors (Lipinski definition) is 2. The van der Waals surface area contributed by atoms with Gasteiger partial charge in [-0.15, -0.1) is 0 Å². The Hall–Kier alpha value is -0.790.